The average molecular weight is 367 g/mol. The second kappa shape index (κ2) is 5.28. The fourth-order valence-electron chi connectivity index (χ4n) is 7.27. The van der Waals surface area contributed by atoms with E-state index >= 15 is 0 Å². The van der Waals surface area contributed by atoms with Gasteiger partial charge in [-0.3, -0.25) is 9.69 Å². The van der Waals surface area contributed by atoms with E-state index in [1.165, 1.54) is 29.5 Å². The molecule has 1 aromatic rings. The van der Waals surface area contributed by atoms with Crippen molar-refractivity contribution in [2.45, 2.75) is 76.0 Å². The molecule has 3 aliphatic carbocycles. The Morgan fingerprint density at radius 1 is 1.33 bits per heavy atom. The zero-order valence-electron chi connectivity index (χ0n) is 16.6. The summed E-state index contributed by atoms with van der Waals surface area (Å²) in [6.07, 6.45) is 6.36. The molecule has 0 unspecified atom stereocenters. The first-order valence-electron chi connectivity index (χ1n) is 10.8. The second-order valence-electron chi connectivity index (χ2n) is 9.47. The molecule has 2 heterocycles. The number of Topliss-reactive ketones (excluding diaryl/α,β-unsaturated/α-hetero) is 1. The standard InChI is InChI=1S/C23H29NO3/c1-4-13-10-17(25)22-23-7-8-24(14-5-6-14)16(19(13)23)11-15-12(2)9-18(26-3)21(27-22)20(15)23/h9,13-14,16,19,22H,4-8,10-11H2,1-3H3/t13-,16+,19-,22-,23-/m0/s1. The van der Waals surface area contributed by atoms with Crippen LogP contribution in [0.15, 0.2) is 6.07 Å². The minimum Gasteiger partial charge on any atom is -0.493 e. The van der Waals surface area contributed by atoms with Crippen LogP contribution in [0.5, 0.6) is 11.5 Å². The summed E-state index contributed by atoms with van der Waals surface area (Å²) in [4.78, 5) is 16.0. The van der Waals surface area contributed by atoms with Gasteiger partial charge in [0.05, 0.1) is 7.11 Å². The number of ether oxygens (including phenoxy) is 2. The second-order valence-corrected chi connectivity index (χ2v) is 9.47. The molecule has 4 heteroatoms. The van der Waals surface area contributed by atoms with Crippen molar-refractivity contribution < 1.29 is 14.3 Å². The summed E-state index contributed by atoms with van der Waals surface area (Å²) in [6, 6.07) is 3.48. The quantitative estimate of drug-likeness (QED) is 0.821. The summed E-state index contributed by atoms with van der Waals surface area (Å²) in [5.41, 5.74) is 3.99. The monoisotopic (exact) mass is 367 g/mol. The van der Waals surface area contributed by atoms with Gasteiger partial charge in [-0.15, -0.1) is 0 Å². The molecule has 2 bridgehead atoms. The molecule has 144 valence electrons. The van der Waals surface area contributed by atoms with Crippen molar-refractivity contribution in [2.75, 3.05) is 13.7 Å². The van der Waals surface area contributed by atoms with Gasteiger partial charge in [0.25, 0.3) is 0 Å². The molecule has 1 aromatic carbocycles. The highest BCUT2D eigenvalue weighted by Crippen LogP contribution is 2.65. The highest BCUT2D eigenvalue weighted by atomic mass is 16.5. The predicted molar refractivity (Wildman–Crippen MR) is 103 cm³/mol. The molecule has 2 aliphatic heterocycles. The van der Waals surface area contributed by atoms with Gasteiger partial charge in [-0.05, 0) is 68.2 Å². The Bertz CT molecular complexity index is 845. The van der Waals surface area contributed by atoms with Crippen LogP contribution in [0, 0.1) is 18.8 Å². The first-order valence-corrected chi connectivity index (χ1v) is 10.8. The largest absolute Gasteiger partial charge is 0.493 e. The van der Waals surface area contributed by atoms with E-state index in [0.29, 0.717) is 30.1 Å². The Hall–Kier alpha value is -1.55. The smallest absolute Gasteiger partial charge is 0.174 e. The van der Waals surface area contributed by atoms with Gasteiger partial charge in [0, 0.05) is 29.5 Å². The van der Waals surface area contributed by atoms with Crippen LogP contribution in [-0.2, 0) is 16.6 Å². The van der Waals surface area contributed by atoms with Crippen LogP contribution in [0.25, 0.3) is 0 Å². The molecule has 5 atom stereocenters. The average Bonchev–Trinajstić information content (AvgIpc) is 3.44. The maximum Gasteiger partial charge on any atom is 0.174 e. The van der Waals surface area contributed by atoms with E-state index in [2.05, 4.69) is 24.8 Å². The fraction of sp³-hybridized carbons (Fsp3) is 0.696. The van der Waals surface area contributed by atoms with E-state index in [0.717, 1.165) is 43.3 Å². The van der Waals surface area contributed by atoms with Gasteiger partial charge in [0.2, 0.25) is 0 Å². The van der Waals surface area contributed by atoms with Gasteiger partial charge >= 0.3 is 0 Å². The summed E-state index contributed by atoms with van der Waals surface area (Å²) in [5, 5.41) is 0. The predicted octanol–water partition coefficient (Wildman–Crippen LogP) is 3.41. The van der Waals surface area contributed by atoms with Gasteiger partial charge in [-0.2, -0.15) is 0 Å². The third-order valence-electron chi connectivity index (χ3n) is 8.40. The lowest BCUT2D eigenvalue weighted by molar-refractivity contribution is -0.145. The number of methoxy groups -OCH3 is 1. The molecule has 6 rings (SSSR count). The molecular formula is C23H29NO3. The number of likely N-dealkylation sites (tertiary alicyclic amines) is 1. The van der Waals surface area contributed by atoms with E-state index in [1.54, 1.807) is 7.11 Å². The van der Waals surface area contributed by atoms with E-state index in [-0.39, 0.29) is 11.5 Å². The van der Waals surface area contributed by atoms with Gasteiger partial charge in [-0.25, -0.2) is 0 Å². The number of piperidine rings is 1. The molecule has 2 saturated carbocycles. The van der Waals surface area contributed by atoms with Crippen LogP contribution in [0.1, 0.15) is 55.7 Å². The summed E-state index contributed by atoms with van der Waals surface area (Å²) in [7, 11) is 1.72. The van der Waals surface area contributed by atoms with Crippen molar-refractivity contribution in [1.29, 1.82) is 0 Å². The molecule has 0 aromatic heterocycles. The number of rotatable bonds is 3. The third-order valence-corrected chi connectivity index (χ3v) is 8.40. The Kier molecular flexibility index (Phi) is 3.21. The zero-order valence-corrected chi connectivity index (χ0v) is 16.6. The third kappa shape index (κ3) is 1.86. The minimum absolute atomic E-state index is 0.117. The van der Waals surface area contributed by atoms with Gasteiger partial charge in [0.15, 0.2) is 23.4 Å². The molecule has 27 heavy (non-hydrogen) atoms. The number of hydrogen-bond donors (Lipinski definition) is 0. The SMILES string of the molecule is CC[C@H]1CC(=O)[C@@H]2Oc3c(OC)cc(C)c4c3[C@@]23CCN(C2CC2)[C@H](C4)[C@H]13. The van der Waals surface area contributed by atoms with E-state index in [1.807, 2.05) is 0 Å². The van der Waals surface area contributed by atoms with Crippen molar-refractivity contribution in [3.05, 3.63) is 22.8 Å². The number of nitrogens with zero attached hydrogens (tertiary/aromatic N) is 1. The Morgan fingerprint density at radius 2 is 2.15 bits per heavy atom. The summed E-state index contributed by atoms with van der Waals surface area (Å²) < 4.78 is 12.2. The molecule has 0 N–H and O–H groups in total. The van der Waals surface area contributed by atoms with Gasteiger partial charge < -0.3 is 9.47 Å². The van der Waals surface area contributed by atoms with Crippen molar-refractivity contribution in [1.82, 2.24) is 4.90 Å². The van der Waals surface area contributed by atoms with Gasteiger partial charge in [0.1, 0.15) is 0 Å². The highest BCUT2D eigenvalue weighted by molar-refractivity contribution is 5.89. The zero-order chi connectivity index (χ0) is 18.5. The van der Waals surface area contributed by atoms with Crippen LogP contribution >= 0.6 is 0 Å². The van der Waals surface area contributed by atoms with E-state index in [9.17, 15) is 4.79 Å². The van der Waals surface area contributed by atoms with Crippen LogP contribution in [0.2, 0.25) is 0 Å². The number of hydrogen-bond acceptors (Lipinski definition) is 4. The van der Waals surface area contributed by atoms with Crippen molar-refractivity contribution in [2.24, 2.45) is 11.8 Å². The lowest BCUT2D eigenvalue weighted by Gasteiger charge is -2.60. The molecule has 1 saturated heterocycles. The minimum atomic E-state index is -0.293. The lowest BCUT2D eigenvalue weighted by Crippen LogP contribution is -2.68. The molecule has 3 fully saturated rings. The Balaban J connectivity index is 1.63. The Labute approximate surface area is 161 Å². The van der Waals surface area contributed by atoms with Crippen LogP contribution in [0.3, 0.4) is 0 Å². The van der Waals surface area contributed by atoms with E-state index < -0.39 is 0 Å². The van der Waals surface area contributed by atoms with Crippen molar-refractivity contribution in [3.63, 3.8) is 0 Å². The molecular weight excluding hydrogens is 338 g/mol. The molecule has 1 spiro atoms. The number of benzene rings is 1. The topological polar surface area (TPSA) is 38.8 Å². The summed E-state index contributed by atoms with van der Waals surface area (Å²) >= 11 is 0. The molecule has 0 amide bonds. The number of aryl methyl sites for hydroxylation is 1. The van der Waals surface area contributed by atoms with Crippen molar-refractivity contribution in [3.8, 4) is 11.5 Å². The van der Waals surface area contributed by atoms with Crippen LogP contribution < -0.4 is 9.47 Å². The highest BCUT2D eigenvalue weighted by Gasteiger charge is 2.68. The first-order chi connectivity index (χ1) is 13.1. The maximum absolute atomic E-state index is 13.2. The van der Waals surface area contributed by atoms with Gasteiger partial charge in [-0.1, -0.05) is 13.3 Å². The normalized spacial score (nSPS) is 39.1. The Morgan fingerprint density at radius 3 is 2.85 bits per heavy atom. The lowest BCUT2D eigenvalue weighted by atomic mass is 9.48. The first kappa shape index (κ1) is 16.4. The van der Waals surface area contributed by atoms with Crippen LogP contribution in [0.4, 0.5) is 0 Å². The van der Waals surface area contributed by atoms with E-state index in [4.69, 9.17) is 9.47 Å². The van der Waals surface area contributed by atoms with Crippen molar-refractivity contribution >= 4 is 5.78 Å². The van der Waals surface area contributed by atoms with Crippen LogP contribution in [-0.4, -0.2) is 42.5 Å². The molecule has 5 aliphatic rings. The summed E-state index contributed by atoms with van der Waals surface area (Å²) in [6.45, 7) is 5.60. The number of ketones is 1. The maximum atomic E-state index is 13.2. The molecule has 0 radical (unpaired) electrons. The molecule has 4 nitrogen and oxygen atoms in total. The number of carbonyl (C=O) groups excluding carboxylic acids is 1. The summed E-state index contributed by atoms with van der Waals surface area (Å²) in [5.74, 6) is 3.05. The number of carbonyl (C=O) groups is 1. The fourth-order valence-corrected chi connectivity index (χ4v) is 7.27.